The quantitative estimate of drug-likeness (QED) is 0.777. The van der Waals surface area contributed by atoms with Gasteiger partial charge in [-0.15, -0.1) is 0 Å². The van der Waals surface area contributed by atoms with E-state index in [1.807, 2.05) is 18.2 Å². The zero-order valence-corrected chi connectivity index (χ0v) is 14.0. The summed E-state index contributed by atoms with van der Waals surface area (Å²) < 4.78 is 0. The van der Waals surface area contributed by atoms with E-state index in [1.165, 1.54) is 29.8 Å². The molecular formula is C18H27N3O3. The van der Waals surface area contributed by atoms with Gasteiger partial charge in [0.15, 0.2) is 0 Å². The lowest BCUT2D eigenvalue weighted by atomic mass is 10.1. The molecule has 0 aromatic heterocycles. The molecule has 2 fully saturated rings. The third-order valence-electron chi connectivity index (χ3n) is 4.98. The van der Waals surface area contributed by atoms with Gasteiger partial charge in [-0.25, -0.2) is 4.79 Å². The molecule has 2 saturated heterocycles. The van der Waals surface area contributed by atoms with Crippen LogP contribution >= 0.6 is 0 Å². The summed E-state index contributed by atoms with van der Waals surface area (Å²) in [7, 11) is 0. The fourth-order valence-corrected chi connectivity index (χ4v) is 3.69. The Bertz CT molecular complexity index is 560. The van der Waals surface area contributed by atoms with E-state index >= 15 is 0 Å². The summed E-state index contributed by atoms with van der Waals surface area (Å²) >= 11 is 0. The fraction of sp³-hybridized carbons (Fsp3) is 0.611. The van der Waals surface area contributed by atoms with E-state index in [1.54, 1.807) is 0 Å². The minimum Gasteiger partial charge on any atom is -0.394 e. The highest BCUT2D eigenvalue weighted by atomic mass is 16.3. The number of para-hydroxylation sites is 1. The first-order valence-corrected chi connectivity index (χ1v) is 8.85. The average Bonchev–Trinajstić information content (AvgIpc) is 3.01. The van der Waals surface area contributed by atoms with Crippen molar-refractivity contribution < 1.29 is 15.0 Å². The van der Waals surface area contributed by atoms with Gasteiger partial charge in [-0.2, -0.15) is 0 Å². The number of benzene rings is 1. The van der Waals surface area contributed by atoms with E-state index in [9.17, 15) is 15.0 Å². The lowest BCUT2D eigenvalue weighted by Gasteiger charge is -2.31. The number of aliphatic hydroxyl groups is 2. The first-order chi connectivity index (χ1) is 11.7. The molecule has 0 radical (unpaired) electrons. The molecular weight excluding hydrogens is 306 g/mol. The van der Waals surface area contributed by atoms with E-state index in [0.29, 0.717) is 13.0 Å². The maximum Gasteiger partial charge on any atom is 0.318 e. The van der Waals surface area contributed by atoms with E-state index in [2.05, 4.69) is 16.3 Å². The third kappa shape index (κ3) is 3.82. The van der Waals surface area contributed by atoms with Gasteiger partial charge in [0.2, 0.25) is 0 Å². The Hall–Kier alpha value is -1.79. The van der Waals surface area contributed by atoms with Gasteiger partial charge in [-0.1, -0.05) is 18.2 Å². The number of carbonyl (C=O) groups excluding carboxylic acids is 1. The molecule has 3 rings (SSSR count). The molecule has 132 valence electrons. The Labute approximate surface area is 143 Å². The lowest BCUT2D eigenvalue weighted by Crippen LogP contribution is -2.44. The highest BCUT2D eigenvalue weighted by Crippen LogP contribution is 2.24. The van der Waals surface area contributed by atoms with E-state index in [0.717, 1.165) is 18.7 Å². The van der Waals surface area contributed by atoms with Gasteiger partial charge in [0.1, 0.15) is 0 Å². The second kappa shape index (κ2) is 7.85. The van der Waals surface area contributed by atoms with Crippen LogP contribution in [0.15, 0.2) is 24.3 Å². The largest absolute Gasteiger partial charge is 0.394 e. The second-order valence-electron chi connectivity index (χ2n) is 6.71. The average molecular weight is 333 g/mol. The molecule has 0 aliphatic carbocycles. The predicted octanol–water partition coefficient (Wildman–Crippen LogP) is 1.31. The van der Waals surface area contributed by atoms with Gasteiger partial charge in [-0.05, 0) is 37.3 Å². The van der Waals surface area contributed by atoms with Crippen LogP contribution in [0, 0.1) is 0 Å². The summed E-state index contributed by atoms with van der Waals surface area (Å²) in [5, 5.41) is 22.0. The zero-order chi connectivity index (χ0) is 16.9. The monoisotopic (exact) mass is 333 g/mol. The van der Waals surface area contributed by atoms with Crippen LogP contribution in [0.3, 0.4) is 0 Å². The number of hydrogen-bond donors (Lipinski definition) is 3. The molecule has 1 aromatic rings. The van der Waals surface area contributed by atoms with Crippen LogP contribution in [0.1, 0.15) is 31.2 Å². The van der Waals surface area contributed by atoms with Crippen LogP contribution in [-0.2, 0) is 6.54 Å². The molecule has 3 N–H and O–H groups in total. The molecule has 0 saturated carbocycles. The minimum absolute atomic E-state index is 0.116. The number of anilines is 1. The first kappa shape index (κ1) is 17.0. The van der Waals surface area contributed by atoms with Crippen molar-refractivity contribution in [3.05, 3.63) is 29.8 Å². The number of amides is 2. The van der Waals surface area contributed by atoms with E-state index in [-0.39, 0.29) is 25.2 Å². The van der Waals surface area contributed by atoms with Crippen LogP contribution in [0.2, 0.25) is 0 Å². The number of nitrogens with zero attached hydrogens (tertiary/aromatic N) is 2. The van der Waals surface area contributed by atoms with Crippen LogP contribution in [0.25, 0.3) is 0 Å². The maximum atomic E-state index is 12.4. The SMILES string of the molecule is O=C(NCc1ccccc1N1CCCCC1)N1C[C@@H](O)C[C@H]1CO. The number of nitrogens with one attached hydrogen (secondary N) is 1. The number of β-amino-alcohol motifs (C(OH)–C–C–N with tert-alkyl or cyclic N) is 1. The molecule has 0 unspecified atom stereocenters. The second-order valence-corrected chi connectivity index (χ2v) is 6.71. The number of hydrogen-bond acceptors (Lipinski definition) is 4. The summed E-state index contributed by atoms with van der Waals surface area (Å²) in [6, 6.07) is 7.67. The smallest absolute Gasteiger partial charge is 0.318 e. The summed E-state index contributed by atoms with van der Waals surface area (Å²) in [5.74, 6) is 0. The Morgan fingerprint density at radius 3 is 2.71 bits per heavy atom. The fourth-order valence-electron chi connectivity index (χ4n) is 3.69. The minimum atomic E-state index is -0.548. The summed E-state index contributed by atoms with van der Waals surface area (Å²) in [6.45, 7) is 2.75. The molecule has 2 heterocycles. The maximum absolute atomic E-state index is 12.4. The van der Waals surface area contributed by atoms with Gasteiger partial charge < -0.3 is 25.3 Å². The van der Waals surface area contributed by atoms with Gasteiger partial charge in [0.25, 0.3) is 0 Å². The standard InChI is InChI=1S/C18H27N3O3/c22-13-15-10-16(23)12-21(15)18(24)19-11-14-6-2-3-7-17(14)20-8-4-1-5-9-20/h2-3,6-7,15-16,22-23H,1,4-5,8-13H2,(H,19,24)/t15-,16-/m0/s1. The first-order valence-electron chi connectivity index (χ1n) is 8.85. The highest BCUT2D eigenvalue weighted by Gasteiger charge is 2.33. The zero-order valence-electron chi connectivity index (χ0n) is 14.0. The topological polar surface area (TPSA) is 76.0 Å². The Balaban J connectivity index is 1.63. The molecule has 2 atom stereocenters. The van der Waals surface area contributed by atoms with Crippen LogP contribution in [-0.4, -0.2) is 59.5 Å². The Morgan fingerprint density at radius 2 is 1.96 bits per heavy atom. The van der Waals surface area contributed by atoms with E-state index < -0.39 is 6.10 Å². The molecule has 2 aliphatic rings. The van der Waals surface area contributed by atoms with Gasteiger partial charge in [0.05, 0.1) is 18.8 Å². The third-order valence-corrected chi connectivity index (χ3v) is 4.98. The molecule has 0 bridgehead atoms. The molecule has 0 spiro atoms. The number of rotatable bonds is 4. The Kier molecular flexibility index (Phi) is 5.58. The van der Waals surface area contributed by atoms with Crippen molar-refractivity contribution in [2.45, 2.75) is 44.4 Å². The molecule has 1 aromatic carbocycles. The molecule has 2 amide bonds. The number of aliphatic hydroxyl groups excluding tert-OH is 2. The predicted molar refractivity (Wildman–Crippen MR) is 92.9 cm³/mol. The molecule has 6 heteroatoms. The number of piperidine rings is 1. The van der Waals surface area contributed by atoms with Crippen molar-refractivity contribution in [1.29, 1.82) is 0 Å². The summed E-state index contributed by atoms with van der Waals surface area (Å²) in [6.07, 6.45) is 3.60. The summed E-state index contributed by atoms with van der Waals surface area (Å²) in [4.78, 5) is 16.3. The van der Waals surface area contributed by atoms with Crippen LogP contribution < -0.4 is 10.2 Å². The normalized spacial score (nSPS) is 24.2. The van der Waals surface area contributed by atoms with Gasteiger partial charge in [-0.3, -0.25) is 0 Å². The van der Waals surface area contributed by atoms with Crippen LogP contribution in [0.4, 0.5) is 10.5 Å². The summed E-state index contributed by atoms with van der Waals surface area (Å²) in [5.41, 5.74) is 2.30. The number of carbonyl (C=O) groups is 1. The van der Waals surface area contributed by atoms with Crippen molar-refractivity contribution >= 4 is 11.7 Å². The molecule has 24 heavy (non-hydrogen) atoms. The van der Waals surface area contributed by atoms with Crippen LogP contribution in [0.5, 0.6) is 0 Å². The number of urea groups is 1. The molecule has 6 nitrogen and oxygen atoms in total. The Morgan fingerprint density at radius 1 is 1.21 bits per heavy atom. The van der Waals surface area contributed by atoms with Gasteiger partial charge in [0, 0.05) is 31.9 Å². The van der Waals surface area contributed by atoms with Crippen molar-refractivity contribution in [3.63, 3.8) is 0 Å². The van der Waals surface area contributed by atoms with Crippen molar-refractivity contribution in [2.24, 2.45) is 0 Å². The van der Waals surface area contributed by atoms with E-state index in [4.69, 9.17) is 0 Å². The lowest BCUT2D eigenvalue weighted by molar-refractivity contribution is 0.154. The molecule has 2 aliphatic heterocycles. The van der Waals surface area contributed by atoms with Crippen molar-refractivity contribution in [1.82, 2.24) is 10.2 Å². The van der Waals surface area contributed by atoms with Crippen molar-refractivity contribution in [3.8, 4) is 0 Å². The van der Waals surface area contributed by atoms with Crippen molar-refractivity contribution in [2.75, 3.05) is 31.1 Å². The highest BCUT2D eigenvalue weighted by molar-refractivity contribution is 5.75. The number of likely N-dealkylation sites (tertiary alicyclic amines) is 1. The van der Waals surface area contributed by atoms with Gasteiger partial charge >= 0.3 is 6.03 Å².